The highest BCUT2D eigenvalue weighted by atomic mass is 32.1. The molecule has 110 valence electrons. The molecule has 0 aliphatic heterocycles. The summed E-state index contributed by atoms with van der Waals surface area (Å²) in [6.45, 7) is 0. The van der Waals surface area contributed by atoms with Gasteiger partial charge in [0, 0.05) is 10.9 Å². The number of thiophene rings is 1. The second-order valence-electron chi connectivity index (χ2n) is 5.08. The van der Waals surface area contributed by atoms with Crippen LogP contribution in [-0.2, 0) is 10.2 Å². The monoisotopic (exact) mass is 303 g/mol. The van der Waals surface area contributed by atoms with Gasteiger partial charge in [-0.15, -0.1) is 11.3 Å². The Balaban J connectivity index is 1.85. The van der Waals surface area contributed by atoms with Crippen LogP contribution in [0.15, 0.2) is 35.7 Å². The molecule has 1 aromatic heterocycles. The molecular weight excluding hydrogens is 286 g/mol. The molecular formula is C16H17NO3S. The first-order valence-corrected chi connectivity index (χ1v) is 7.65. The van der Waals surface area contributed by atoms with Crippen molar-refractivity contribution < 1.29 is 14.3 Å². The molecule has 0 saturated heterocycles. The van der Waals surface area contributed by atoms with Crippen LogP contribution in [0.2, 0.25) is 0 Å². The zero-order valence-electron chi connectivity index (χ0n) is 12.0. The number of carbonyl (C=O) groups is 1. The molecule has 0 bridgehead atoms. The first-order valence-electron chi connectivity index (χ1n) is 6.77. The Morgan fingerprint density at radius 1 is 1.24 bits per heavy atom. The number of hydrogen-bond acceptors (Lipinski definition) is 4. The topological polar surface area (TPSA) is 47.6 Å². The summed E-state index contributed by atoms with van der Waals surface area (Å²) in [7, 11) is 3.19. The molecule has 1 heterocycles. The van der Waals surface area contributed by atoms with Gasteiger partial charge in [0.15, 0.2) is 0 Å². The Hall–Kier alpha value is -2.01. The first-order chi connectivity index (χ1) is 10.2. The maximum Gasteiger partial charge on any atom is 0.235 e. The van der Waals surface area contributed by atoms with Gasteiger partial charge in [0.1, 0.15) is 11.5 Å². The van der Waals surface area contributed by atoms with Crippen molar-refractivity contribution >= 4 is 22.9 Å². The summed E-state index contributed by atoms with van der Waals surface area (Å²) in [5.41, 5.74) is 0.284. The number of methoxy groups -OCH3 is 2. The third kappa shape index (κ3) is 2.49. The standard InChI is InChI=1S/C16H17NO3S/c1-19-11-5-6-13(20-2)12(10-11)17-15(18)16(7-8-16)14-4-3-9-21-14/h3-6,9-10H,7-8H2,1-2H3,(H,17,18). The van der Waals surface area contributed by atoms with E-state index in [1.165, 1.54) is 0 Å². The van der Waals surface area contributed by atoms with Crippen molar-refractivity contribution in [1.29, 1.82) is 0 Å². The Morgan fingerprint density at radius 2 is 2.05 bits per heavy atom. The lowest BCUT2D eigenvalue weighted by molar-refractivity contribution is -0.118. The van der Waals surface area contributed by atoms with E-state index in [-0.39, 0.29) is 11.3 Å². The van der Waals surface area contributed by atoms with Gasteiger partial charge in [0.05, 0.1) is 25.3 Å². The third-order valence-corrected chi connectivity index (χ3v) is 4.91. The molecule has 1 amide bonds. The van der Waals surface area contributed by atoms with Crippen LogP contribution in [0.5, 0.6) is 11.5 Å². The zero-order chi connectivity index (χ0) is 14.9. The smallest absolute Gasteiger partial charge is 0.235 e. The summed E-state index contributed by atoms with van der Waals surface area (Å²) < 4.78 is 10.5. The van der Waals surface area contributed by atoms with Gasteiger partial charge in [-0.3, -0.25) is 4.79 Å². The molecule has 5 heteroatoms. The maximum atomic E-state index is 12.7. The van der Waals surface area contributed by atoms with E-state index in [0.717, 1.165) is 17.7 Å². The number of hydrogen-bond donors (Lipinski definition) is 1. The van der Waals surface area contributed by atoms with Crippen LogP contribution < -0.4 is 14.8 Å². The molecule has 1 aliphatic rings. The molecule has 1 aliphatic carbocycles. The molecule has 2 aromatic rings. The van der Waals surface area contributed by atoms with Crippen molar-refractivity contribution in [3.63, 3.8) is 0 Å². The molecule has 3 rings (SSSR count). The summed E-state index contributed by atoms with van der Waals surface area (Å²) in [6, 6.07) is 9.39. The van der Waals surface area contributed by atoms with E-state index in [0.29, 0.717) is 17.2 Å². The van der Waals surface area contributed by atoms with Gasteiger partial charge in [0.25, 0.3) is 0 Å². The zero-order valence-corrected chi connectivity index (χ0v) is 12.8. The first kappa shape index (κ1) is 13.9. The Bertz CT molecular complexity index is 648. The minimum Gasteiger partial charge on any atom is -0.497 e. The number of benzene rings is 1. The fraction of sp³-hybridized carbons (Fsp3) is 0.312. The number of anilines is 1. The van der Waals surface area contributed by atoms with E-state index in [9.17, 15) is 4.79 Å². The lowest BCUT2D eigenvalue weighted by Crippen LogP contribution is -2.27. The molecule has 1 aromatic carbocycles. The fourth-order valence-electron chi connectivity index (χ4n) is 2.41. The van der Waals surface area contributed by atoms with Gasteiger partial charge >= 0.3 is 0 Å². The molecule has 21 heavy (non-hydrogen) atoms. The van der Waals surface area contributed by atoms with Gasteiger partial charge in [-0.05, 0) is 36.4 Å². The minimum absolute atomic E-state index is 0.0245. The molecule has 1 N–H and O–H groups in total. The minimum atomic E-state index is -0.359. The normalized spacial score (nSPS) is 15.3. The second kappa shape index (κ2) is 5.41. The molecule has 1 fully saturated rings. The summed E-state index contributed by atoms with van der Waals surface area (Å²) >= 11 is 1.63. The van der Waals surface area contributed by atoms with Crippen molar-refractivity contribution in [3.8, 4) is 11.5 Å². The Labute approximate surface area is 127 Å². The van der Waals surface area contributed by atoms with E-state index in [1.807, 2.05) is 17.5 Å². The molecule has 4 nitrogen and oxygen atoms in total. The van der Waals surface area contributed by atoms with E-state index in [2.05, 4.69) is 5.32 Å². The van der Waals surface area contributed by atoms with Gasteiger partial charge in [-0.1, -0.05) is 6.07 Å². The van der Waals surface area contributed by atoms with Crippen molar-refractivity contribution in [2.75, 3.05) is 19.5 Å². The second-order valence-corrected chi connectivity index (χ2v) is 6.03. The molecule has 1 saturated carbocycles. The van der Waals surface area contributed by atoms with Gasteiger partial charge in [0.2, 0.25) is 5.91 Å². The van der Waals surface area contributed by atoms with Gasteiger partial charge in [-0.25, -0.2) is 0 Å². The van der Waals surface area contributed by atoms with E-state index in [1.54, 1.807) is 43.8 Å². The van der Waals surface area contributed by atoms with E-state index in [4.69, 9.17) is 9.47 Å². The highest BCUT2D eigenvalue weighted by Crippen LogP contribution is 2.51. The van der Waals surface area contributed by atoms with E-state index >= 15 is 0 Å². The van der Waals surface area contributed by atoms with Crippen molar-refractivity contribution in [2.24, 2.45) is 0 Å². The number of rotatable bonds is 5. The average molecular weight is 303 g/mol. The van der Waals surface area contributed by atoms with Crippen molar-refractivity contribution in [3.05, 3.63) is 40.6 Å². The van der Waals surface area contributed by atoms with Crippen molar-refractivity contribution in [2.45, 2.75) is 18.3 Å². The lowest BCUT2D eigenvalue weighted by Gasteiger charge is -2.16. The van der Waals surface area contributed by atoms with E-state index < -0.39 is 0 Å². The summed E-state index contributed by atoms with van der Waals surface area (Å²) in [5, 5.41) is 5.00. The number of ether oxygens (including phenoxy) is 2. The van der Waals surface area contributed by atoms with Crippen LogP contribution in [-0.4, -0.2) is 20.1 Å². The SMILES string of the molecule is COc1ccc(OC)c(NC(=O)C2(c3cccs3)CC2)c1. The largest absolute Gasteiger partial charge is 0.497 e. The molecule has 0 unspecified atom stereocenters. The Kier molecular flexibility index (Phi) is 3.59. The van der Waals surface area contributed by atoms with Crippen LogP contribution >= 0.6 is 11.3 Å². The van der Waals surface area contributed by atoms with Crippen LogP contribution in [0.3, 0.4) is 0 Å². The number of amides is 1. The highest BCUT2D eigenvalue weighted by molar-refractivity contribution is 7.10. The fourth-order valence-corrected chi connectivity index (χ4v) is 3.40. The predicted octanol–water partition coefficient (Wildman–Crippen LogP) is 3.44. The maximum absolute atomic E-state index is 12.7. The predicted molar refractivity (Wildman–Crippen MR) is 83.4 cm³/mol. The molecule has 0 atom stereocenters. The van der Waals surface area contributed by atoms with Crippen LogP contribution in [0.4, 0.5) is 5.69 Å². The van der Waals surface area contributed by atoms with Crippen LogP contribution in [0.25, 0.3) is 0 Å². The molecule has 0 radical (unpaired) electrons. The van der Waals surface area contributed by atoms with Crippen LogP contribution in [0, 0.1) is 0 Å². The molecule has 0 spiro atoms. The number of nitrogens with one attached hydrogen (secondary N) is 1. The van der Waals surface area contributed by atoms with Gasteiger partial charge < -0.3 is 14.8 Å². The van der Waals surface area contributed by atoms with Crippen molar-refractivity contribution in [1.82, 2.24) is 0 Å². The number of carbonyl (C=O) groups excluding carboxylic acids is 1. The average Bonchev–Trinajstić information content (AvgIpc) is 3.14. The van der Waals surface area contributed by atoms with Crippen LogP contribution in [0.1, 0.15) is 17.7 Å². The summed E-state index contributed by atoms with van der Waals surface area (Å²) in [5.74, 6) is 1.34. The Morgan fingerprint density at radius 3 is 2.62 bits per heavy atom. The lowest BCUT2D eigenvalue weighted by atomic mass is 10.0. The highest BCUT2D eigenvalue weighted by Gasteiger charge is 2.52. The summed E-state index contributed by atoms with van der Waals surface area (Å²) in [4.78, 5) is 13.8. The third-order valence-electron chi connectivity index (χ3n) is 3.83. The summed E-state index contributed by atoms with van der Waals surface area (Å²) in [6.07, 6.45) is 1.79. The van der Waals surface area contributed by atoms with Gasteiger partial charge in [-0.2, -0.15) is 0 Å². The quantitative estimate of drug-likeness (QED) is 0.920.